The lowest BCUT2D eigenvalue weighted by molar-refractivity contribution is 0.0526. The lowest BCUT2D eigenvalue weighted by Gasteiger charge is -2.06. The molecule has 0 saturated carbocycles. The number of rotatable bonds is 4. The third kappa shape index (κ3) is 3.55. The maximum absolute atomic E-state index is 12.4. The number of hydrogen-bond acceptors (Lipinski definition) is 6. The van der Waals surface area contributed by atoms with Crippen LogP contribution in [-0.4, -0.2) is 23.5 Å². The number of benzene rings is 1. The third-order valence-electron chi connectivity index (χ3n) is 3.40. The standard InChI is InChI=1S/C18H14N2O5/c1-2-24-17(22)12-7-8-19-15(10-12)20-16(21)13-9-11-5-3-4-6-14(11)25-18(13)23/h3-10H,2H2,1H3,(H,19,20,21). The molecule has 0 aliphatic carbocycles. The quantitative estimate of drug-likeness (QED) is 0.580. The van der Waals surface area contributed by atoms with E-state index in [2.05, 4.69) is 10.3 Å². The minimum absolute atomic E-state index is 0.128. The van der Waals surface area contributed by atoms with E-state index in [1.54, 1.807) is 31.2 Å². The number of nitrogens with one attached hydrogen (secondary N) is 1. The Balaban J connectivity index is 1.88. The molecule has 0 spiro atoms. The molecule has 2 aromatic heterocycles. The van der Waals surface area contributed by atoms with Crippen LogP contribution in [0.2, 0.25) is 0 Å². The molecule has 1 amide bonds. The second-order valence-electron chi connectivity index (χ2n) is 5.09. The topological polar surface area (TPSA) is 98.5 Å². The molecule has 0 aliphatic heterocycles. The molecular weight excluding hydrogens is 324 g/mol. The van der Waals surface area contributed by atoms with E-state index in [1.165, 1.54) is 24.4 Å². The van der Waals surface area contributed by atoms with Crippen molar-refractivity contribution in [1.29, 1.82) is 0 Å². The Hall–Kier alpha value is -3.48. The lowest BCUT2D eigenvalue weighted by atomic mass is 10.2. The van der Waals surface area contributed by atoms with Crippen LogP contribution >= 0.6 is 0 Å². The minimum atomic E-state index is -0.752. The van der Waals surface area contributed by atoms with Crippen LogP contribution in [0.15, 0.2) is 57.9 Å². The van der Waals surface area contributed by atoms with E-state index >= 15 is 0 Å². The number of hydrogen-bond donors (Lipinski definition) is 1. The van der Waals surface area contributed by atoms with Gasteiger partial charge in [0.1, 0.15) is 17.0 Å². The van der Waals surface area contributed by atoms with Gasteiger partial charge in [-0.25, -0.2) is 14.6 Å². The highest BCUT2D eigenvalue weighted by Gasteiger charge is 2.15. The van der Waals surface area contributed by atoms with Gasteiger partial charge in [0.2, 0.25) is 0 Å². The molecule has 3 rings (SSSR count). The van der Waals surface area contributed by atoms with Gasteiger partial charge in [-0.3, -0.25) is 4.79 Å². The van der Waals surface area contributed by atoms with E-state index in [0.717, 1.165) is 0 Å². The summed E-state index contributed by atoms with van der Waals surface area (Å²) in [7, 11) is 0. The van der Waals surface area contributed by atoms with Gasteiger partial charge in [-0.2, -0.15) is 0 Å². The van der Waals surface area contributed by atoms with Crippen molar-refractivity contribution in [2.45, 2.75) is 6.92 Å². The Labute approximate surface area is 142 Å². The number of ether oxygens (including phenoxy) is 1. The number of nitrogens with zero attached hydrogens (tertiary/aromatic N) is 1. The van der Waals surface area contributed by atoms with Crippen LogP contribution < -0.4 is 10.9 Å². The smallest absolute Gasteiger partial charge is 0.349 e. The lowest BCUT2D eigenvalue weighted by Crippen LogP contribution is -2.21. The Bertz CT molecular complexity index is 1010. The number of carbonyl (C=O) groups excluding carboxylic acids is 2. The van der Waals surface area contributed by atoms with Gasteiger partial charge >= 0.3 is 11.6 Å². The summed E-state index contributed by atoms with van der Waals surface area (Å²) in [4.78, 5) is 40.1. The largest absolute Gasteiger partial charge is 0.462 e. The summed E-state index contributed by atoms with van der Waals surface area (Å²) in [6.45, 7) is 1.93. The number of anilines is 1. The van der Waals surface area contributed by atoms with Crippen LogP contribution in [0.3, 0.4) is 0 Å². The second kappa shape index (κ2) is 6.96. The van der Waals surface area contributed by atoms with Crippen LogP contribution in [0.1, 0.15) is 27.6 Å². The van der Waals surface area contributed by atoms with Crippen LogP contribution in [0.25, 0.3) is 11.0 Å². The maximum Gasteiger partial charge on any atom is 0.349 e. The van der Waals surface area contributed by atoms with Crippen molar-refractivity contribution < 1.29 is 18.7 Å². The molecule has 25 heavy (non-hydrogen) atoms. The fourth-order valence-electron chi connectivity index (χ4n) is 2.24. The summed E-state index contributed by atoms with van der Waals surface area (Å²) in [5.74, 6) is -1.07. The molecule has 0 saturated heterocycles. The molecule has 0 unspecified atom stereocenters. The molecule has 7 heteroatoms. The summed E-state index contributed by atoms with van der Waals surface area (Å²) in [5, 5.41) is 3.11. The molecule has 0 fully saturated rings. The zero-order chi connectivity index (χ0) is 17.8. The zero-order valence-corrected chi connectivity index (χ0v) is 13.3. The number of aromatic nitrogens is 1. The number of fused-ring (bicyclic) bond motifs is 1. The van der Waals surface area contributed by atoms with E-state index in [0.29, 0.717) is 11.0 Å². The molecule has 0 atom stereocenters. The Morgan fingerprint density at radius 1 is 1.20 bits per heavy atom. The number of esters is 1. The Morgan fingerprint density at radius 2 is 2.00 bits per heavy atom. The molecule has 2 heterocycles. The van der Waals surface area contributed by atoms with E-state index < -0.39 is 17.5 Å². The molecule has 0 aliphatic rings. The van der Waals surface area contributed by atoms with Gasteiger partial charge < -0.3 is 14.5 Å². The average Bonchev–Trinajstić information content (AvgIpc) is 2.61. The predicted octanol–water partition coefficient (Wildman–Crippen LogP) is 2.62. The average molecular weight is 338 g/mol. The van der Waals surface area contributed by atoms with Crippen molar-refractivity contribution in [3.05, 3.63) is 70.2 Å². The molecule has 1 aromatic carbocycles. The van der Waals surface area contributed by atoms with Crippen molar-refractivity contribution in [3.63, 3.8) is 0 Å². The van der Waals surface area contributed by atoms with E-state index in [9.17, 15) is 14.4 Å². The highest BCUT2D eigenvalue weighted by Crippen LogP contribution is 2.14. The van der Waals surface area contributed by atoms with E-state index in [4.69, 9.17) is 9.15 Å². The van der Waals surface area contributed by atoms with Gasteiger partial charge in [0, 0.05) is 11.6 Å². The molecule has 0 radical (unpaired) electrons. The van der Waals surface area contributed by atoms with Gasteiger partial charge in [0.05, 0.1) is 12.2 Å². The van der Waals surface area contributed by atoms with Crippen LogP contribution in [0, 0.1) is 0 Å². The summed E-state index contributed by atoms with van der Waals surface area (Å²) >= 11 is 0. The Kier molecular flexibility index (Phi) is 4.56. The van der Waals surface area contributed by atoms with Gasteiger partial charge in [-0.1, -0.05) is 18.2 Å². The second-order valence-corrected chi connectivity index (χ2v) is 5.09. The minimum Gasteiger partial charge on any atom is -0.462 e. The first kappa shape index (κ1) is 16.4. The first-order valence-electron chi connectivity index (χ1n) is 7.56. The van der Waals surface area contributed by atoms with Crippen molar-refractivity contribution >= 4 is 28.7 Å². The normalized spacial score (nSPS) is 10.4. The van der Waals surface area contributed by atoms with Gasteiger partial charge in [-0.15, -0.1) is 0 Å². The van der Waals surface area contributed by atoms with E-state index in [-0.39, 0.29) is 23.6 Å². The highest BCUT2D eigenvalue weighted by molar-refractivity contribution is 6.05. The molecule has 126 valence electrons. The van der Waals surface area contributed by atoms with Crippen LogP contribution in [0.5, 0.6) is 0 Å². The molecule has 3 aromatic rings. The fraction of sp³-hybridized carbons (Fsp3) is 0.111. The first-order chi connectivity index (χ1) is 12.1. The number of para-hydroxylation sites is 1. The maximum atomic E-state index is 12.4. The van der Waals surface area contributed by atoms with Gasteiger partial charge in [0.25, 0.3) is 5.91 Å². The third-order valence-corrected chi connectivity index (χ3v) is 3.40. The summed E-state index contributed by atoms with van der Waals surface area (Å²) in [5.41, 5.74) is -0.260. The van der Waals surface area contributed by atoms with Crippen molar-refractivity contribution in [2.75, 3.05) is 11.9 Å². The Morgan fingerprint density at radius 3 is 2.80 bits per heavy atom. The molecule has 1 N–H and O–H groups in total. The first-order valence-corrected chi connectivity index (χ1v) is 7.56. The number of pyridine rings is 1. The predicted molar refractivity (Wildman–Crippen MR) is 90.6 cm³/mol. The summed E-state index contributed by atoms with van der Waals surface area (Å²) < 4.78 is 10.0. The summed E-state index contributed by atoms with van der Waals surface area (Å²) in [6.07, 6.45) is 1.37. The molecule has 7 nitrogen and oxygen atoms in total. The number of amides is 1. The van der Waals surface area contributed by atoms with Crippen LogP contribution in [-0.2, 0) is 4.74 Å². The van der Waals surface area contributed by atoms with Gasteiger partial charge in [-0.05, 0) is 31.2 Å². The monoisotopic (exact) mass is 338 g/mol. The SMILES string of the molecule is CCOC(=O)c1ccnc(NC(=O)c2cc3ccccc3oc2=O)c1. The molecular formula is C18H14N2O5. The fourth-order valence-corrected chi connectivity index (χ4v) is 2.24. The van der Waals surface area contributed by atoms with Gasteiger partial charge in [0.15, 0.2) is 0 Å². The number of carbonyl (C=O) groups is 2. The summed E-state index contributed by atoms with van der Waals surface area (Å²) in [6, 6.07) is 11.2. The van der Waals surface area contributed by atoms with E-state index in [1.807, 2.05) is 0 Å². The highest BCUT2D eigenvalue weighted by atomic mass is 16.5. The van der Waals surface area contributed by atoms with Crippen molar-refractivity contribution in [2.24, 2.45) is 0 Å². The zero-order valence-electron chi connectivity index (χ0n) is 13.3. The van der Waals surface area contributed by atoms with Crippen molar-refractivity contribution in [1.82, 2.24) is 4.98 Å². The van der Waals surface area contributed by atoms with Crippen LogP contribution in [0.4, 0.5) is 5.82 Å². The molecule has 0 bridgehead atoms. The van der Waals surface area contributed by atoms with Crippen molar-refractivity contribution in [3.8, 4) is 0 Å².